The molecule has 0 aromatic rings. The molecule has 0 aromatic heterocycles. The van der Waals surface area contributed by atoms with Crippen molar-refractivity contribution in [2.75, 3.05) is 0 Å². The van der Waals surface area contributed by atoms with Crippen molar-refractivity contribution in [3.63, 3.8) is 0 Å². The third kappa shape index (κ3) is 1.99. The van der Waals surface area contributed by atoms with Gasteiger partial charge in [0, 0.05) is 0 Å². The Labute approximate surface area is 109 Å². The quantitative estimate of drug-likeness (QED) is 0.548. The summed E-state index contributed by atoms with van der Waals surface area (Å²) in [5, 5.41) is 1.32. The van der Waals surface area contributed by atoms with Gasteiger partial charge < -0.3 is 0 Å². The number of fused-ring (bicyclic) bond motifs is 2. The van der Waals surface area contributed by atoms with E-state index in [2.05, 4.69) is 27.7 Å². The minimum atomic E-state index is 0.226. The van der Waals surface area contributed by atoms with Crippen LogP contribution in [0.4, 0.5) is 0 Å². The molecule has 0 nitrogen and oxygen atoms in total. The highest BCUT2D eigenvalue weighted by molar-refractivity contribution is 7.61. The van der Waals surface area contributed by atoms with Crippen LogP contribution in [-0.4, -0.2) is 16.0 Å². The Bertz CT molecular complexity index is 289. The largest absolute Gasteiger partial charge is 0.0916 e. The zero-order valence-electron chi connectivity index (χ0n) is 12.1. The Morgan fingerprint density at radius 3 is 2.00 bits per heavy atom. The lowest BCUT2D eigenvalue weighted by molar-refractivity contribution is 0.428. The lowest BCUT2D eigenvalue weighted by atomic mass is 9.97. The minimum Gasteiger partial charge on any atom is -0.0916 e. The molecule has 2 aliphatic carbocycles. The van der Waals surface area contributed by atoms with Crippen LogP contribution in [0.2, 0.25) is 0 Å². The first-order valence-corrected chi connectivity index (χ1v) is 9.11. The zero-order chi connectivity index (χ0) is 12.3. The van der Waals surface area contributed by atoms with Gasteiger partial charge in [-0.05, 0) is 59.9 Å². The summed E-state index contributed by atoms with van der Waals surface area (Å²) in [5.74, 6) is 2.25. The fourth-order valence-corrected chi connectivity index (χ4v) is 10.9. The Kier molecular flexibility index (Phi) is 2.90. The Morgan fingerprint density at radius 1 is 0.882 bits per heavy atom. The molecule has 1 unspecified atom stereocenters. The third-order valence-corrected chi connectivity index (χ3v) is 10.3. The number of rotatable bonds is 1. The zero-order valence-corrected chi connectivity index (χ0v) is 13.0. The van der Waals surface area contributed by atoms with Gasteiger partial charge >= 0.3 is 0 Å². The minimum absolute atomic E-state index is 0.226. The molecule has 0 radical (unpaired) electrons. The van der Waals surface area contributed by atoms with E-state index in [9.17, 15) is 0 Å². The summed E-state index contributed by atoms with van der Waals surface area (Å²) in [4.78, 5) is 0. The SMILES string of the molecule is CC1(C)CCCC(C)(C)P1C1C[C@H]2CC[C@@H]1C2. The first kappa shape index (κ1) is 12.5. The van der Waals surface area contributed by atoms with Crippen LogP contribution in [0.1, 0.15) is 72.6 Å². The fraction of sp³-hybridized carbons (Fsp3) is 1.00. The van der Waals surface area contributed by atoms with Crippen molar-refractivity contribution in [3.05, 3.63) is 0 Å². The summed E-state index contributed by atoms with van der Waals surface area (Å²) in [6.07, 6.45) is 10.8. The van der Waals surface area contributed by atoms with Gasteiger partial charge in [0.05, 0.1) is 0 Å². The van der Waals surface area contributed by atoms with E-state index < -0.39 is 0 Å². The second kappa shape index (κ2) is 3.96. The average molecular weight is 252 g/mol. The summed E-state index contributed by atoms with van der Waals surface area (Å²) in [5.41, 5.74) is 1.13. The monoisotopic (exact) mass is 252 g/mol. The van der Waals surface area contributed by atoms with E-state index in [1.807, 2.05) is 0 Å². The molecule has 98 valence electrons. The number of hydrogen-bond acceptors (Lipinski definition) is 0. The predicted octanol–water partition coefficient (Wildman–Crippen LogP) is 5.40. The molecule has 0 aromatic carbocycles. The van der Waals surface area contributed by atoms with Crippen molar-refractivity contribution in [2.45, 2.75) is 88.6 Å². The number of hydrogen-bond donors (Lipinski definition) is 0. The van der Waals surface area contributed by atoms with E-state index >= 15 is 0 Å². The molecule has 1 heteroatoms. The maximum Gasteiger partial charge on any atom is -0.0144 e. The van der Waals surface area contributed by atoms with Crippen molar-refractivity contribution in [2.24, 2.45) is 11.8 Å². The van der Waals surface area contributed by atoms with E-state index in [0.29, 0.717) is 10.3 Å². The highest BCUT2D eigenvalue weighted by Crippen LogP contribution is 2.73. The molecular weight excluding hydrogens is 223 g/mol. The fourth-order valence-electron chi connectivity index (χ4n) is 5.44. The molecule has 0 N–H and O–H groups in total. The van der Waals surface area contributed by atoms with Crippen LogP contribution in [0.5, 0.6) is 0 Å². The smallest absolute Gasteiger partial charge is 0.0144 e. The maximum absolute atomic E-state index is 2.59. The van der Waals surface area contributed by atoms with Gasteiger partial charge in [-0.2, -0.15) is 0 Å². The van der Waals surface area contributed by atoms with Crippen LogP contribution in [-0.2, 0) is 0 Å². The van der Waals surface area contributed by atoms with Crippen molar-refractivity contribution in [1.29, 1.82) is 0 Å². The Balaban J connectivity index is 1.87. The highest BCUT2D eigenvalue weighted by atomic mass is 31.1. The van der Waals surface area contributed by atoms with Crippen LogP contribution >= 0.6 is 7.92 Å². The highest BCUT2D eigenvalue weighted by Gasteiger charge is 2.53. The first-order valence-electron chi connectivity index (χ1n) is 7.70. The van der Waals surface area contributed by atoms with Gasteiger partial charge in [0.15, 0.2) is 0 Å². The van der Waals surface area contributed by atoms with Gasteiger partial charge in [0.25, 0.3) is 0 Å². The van der Waals surface area contributed by atoms with Gasteiger partial charge in [-0.1, -0.05) is 48.5 Å². The van der Waals surface area contributed by atoms with Gasteiger partial charge in [-0.3, -0.25) is 0 Å². The summed E-state index contributed by atoms with van der Waals surface area (Å²) >= 11 is 0. The molecule has 3 fully saturated rings. The van der Waals surface area contributed by atoms with Gasteiger partial charge in [0.1, 0.15) is 0 Å². The van der Waals surface area contributed by atoms with Crippen molar-refractivity contribution in [3.8, 4) is 0 Å². The second-order valence-electron chi connectivity index (χ2n) is 8.09. The van der Waals surface area contributed by atoms with Crippen LogP contribution in [0, 0.1) is 11.8 Å². The van der Waals surface area contributed by atoms with Crippen molar-refractivity contribution in [1.82, 2.24) is 0 Å². The standard InChI is InChI=1S/C16H29P/c1-15(2)8-5-9-16(3,4)17(15)14-11-12-6-7-13(14)10-12/h12-14H,5-11H2,1-4H3/t12-,13+,14?/m0/s1. The molecule has 3 aliphatic rings. The molecule has 2 saturated carbocycles. The van der Waals surface area contributed by atoms with E-state index in [1.54, 1.807) is 25.7 Å². The lowest BCUT2D eigenvalue weighted by Crippen LogP contribution is -2.40. The Morgan fingerprint density at radius 2 is 1.53 bits per heavy atom. The maximum atomic E-state index is 2.59. The summed E-state index contributed by atoms with van der Waals surface area (Å²) < 4.78 is 0. The second-order valence-corrected chi connectivity index (χ2v) is 11.9. The summed E-state index contributed by atoms with van der Waals surface area (Å²) in [6, 6.07) is 0. The molecule has 0 spiro atoms. The van der Waals surface area contributed by atoms with Crippen molar-refractivity contribution >= 4 is 7.92 Å². The van der Waals surface area contributed by atoms with Gasteiger partial charge in [-0.25, -0.2) is 0 Å². The first-order chi connectivity index (χ1) is 7.90. The van der Waals surface area contributed by atoms with E-state index in [4.69, 9.17) is 0 Å². The molecule has 17 heavy (non-hydrogen) atoms. The normalized spacial score (nSPS) is 44.1. The molecule has 2 bridgehead atoms. The predicted molar refractivity (Wildman–Crippen MR) is 78.2 cm³/mol. The summed E-state index contributed by atoms with van der Waals surface area (Å²) in [7, 11) is 0.226. The van der Waals surface area contributed by atoms with Crippen LogP contribution < -0.4 is 0 Å². The molecule has 3 rings (SSSR count). The topological polar surface area (TPSA) is 0 Å². The van der Waals surface area contributed by atoms with Gasteiger partial charge in [0.2, 0.25) is 0 Å². The summed E-state index contributed by atoms with van der Waals surface area (Å²) in [6.45, 7) is 10.4. The van der Waals surface area contributed by atoms with E-state index in [0.717, 1.165) is 17.5 Å². The molecular formula is C16H29P. The molecule has 1 heterocycles. The van der Waals surface area contributed by atoms with Crippen LogP contribution in [0.25, 0.3) is 0 Å². The molecule has 0 amide bonds. The molecule has 1 aliphatic heterocycles. The third-order valence-electron chi connectivity index (χ3n) is 5.91. The average Bonchev–Trinajstić information content (AvgIpc) is 2.75. The van der Waals surface area contributed by atoms with E-state index in [-0.39, 0.29) is 7.92 Å². The lowest BCUT2D eigenvalue weighted by Gasteiger charge is -2.54. The van der Waals surface area contributed by atoms with Crippen molar-refractivity contribution < 1.29 is 0 Å². The van der Waals surface area contributed by atoms with Crippen LogP contribution in [0.3, 0.4) is 0 Å². The van der Waals surface area contributed by atoms with E-state index in [1.165, 1.54) is 19.3 Å². The molecule has 3 atom stereocenters. The molecule has 1 saturated heterocycles. The Hall–Kier alpha value is 0.430. The van der Waals surface area contributed by atoms with Crippen LogP contribution in [0.15, 0.2) is 0 Å². The van der Waals surface area contributed by atoms with Gasteiger partial charge in [-0.15, -0.1) is 0 Å².